The van der Waals surface area contributed by atoms with E-state index in [1.54, 1.807) is 24.3 Å². The summed E-state index contributed by atoms with van der Waals surface area (Å²) in [5.41, 5.74) is -2.90. The number of aromatic carboxylic acids is 1. The van der Waals surface area contributed by atoms with Crippen LogP contribution in [0.15, 0.2) is 60.7 Å². The Balaban J connectivity index is 1.35. The van der Waals surface area contributed by atoms with Gasteiger partial charge >= 0.3 is 12.1 Å². The number of benzene rings is 3. The van der Waals surface area contributed by atoms with Crippen LogP contribution in [-0.2, 0) is 11.8 Å². The third kappa shape index (κ3) is 5.69. The van der Waals surface area contributed by atoms with Crippen molar-refractivity contribution in [2.45, 2.75) is 24.6 Å². The van der Waals surface area contributed by atoms with Crippen LogP contribution in [0.2, 0.25) is 10.0 Å². The van der Waals surface area contributed by atoms with Gasteiger partial charge in [0, 0.05) is 28.7 Å². The molecule has 0 spiro atoms. The van der Waals surface area contributed by atoms with E-state index in [0.29, 0.717) is 5.39 Å². The number of nitrogens with one attached hydrogen (secondary N) is 1. The zero-order chi connectivity index (χ0) is 30.4. The van der Waals surface area contributed by atoms with Crippen LogP contribution >= 0.6 is 34.5 Å². The standard InChI is InChI=1S/C29H21Cl2F3N2O5S/c30-20-8-6-16(14-19(20)29(32,33)34)28(41)9-11-36(12-10-28)26(38)15-5-7-17(27(39)40)21(13-15)35-25(37)24-23(31)18-3-1-2-4-22(18)42-24/h1-8,13-14,41H,9-12H2,(H,35,37)(H,39,40). The third-order valence-electron chi connectivity index (χ3n) is 7.17. The van der Waals surface area contributed by atoms with E-state index in [1.165, 1.54) is 29.2 Å². The number of carbonyl (C=O) groups excluding carboxylic acids is 2. The molecular formula is C29H21Cl2F3N2O5S. The summed E-state index contributed by atoms with van der Waals surface area (Å²) in [5.74, 6) is -2.47. The van der Waals surface area contributed by atoms with Crippen molar-refractivity contribution >= 4 is 68.1 Å². The number of carbonyl (C=O) groups is 3. The Bertz CT molecular complexity index is 1730. The van der Waals surface area contributed by atoms with Crippen molar-refractivity contribution in [1.29, 1.82) is 0 Å². The Morgan fingerprint density at radius 3 is 2.31 bits per heavy atom. The molecule has 42 heavy (non-hydrogen) atoms. The zero-order valence-corrected chi connectivity index (χ0v) is 23.8. The highest BCUT2D eigenvalue weighted by Gasteiger charge is 2.39. The number of amides is 2. The van der Waals surface area contributed by atoms with Crippen molar-refractivity contribution in [3.63, 3.8) is 0 Å². The van der Waals surface area contributed by atoms with E-state index in [4.69, 9.17) is 23.2 Å². The predicted molar refractivity (Wildman–Crippen MR) is 154 cm³/mol. The number of carboxylic acid groups (broad SMARTS) is 1. The van der Waals surface area contributed by atoms with Crippen molar-refractivity contribution < 1.29 is 37.8 Å². The summed E-state index contributed by atoms with van der Waals surface area (Å²) >= 11 is 13.2. The first kappa shape index (κ1) is 29.8. The quantitative estimate of drug-likeness (QED) is 0.213. The molecule has 3 aromatic carbocycles. The molecule has 1 aromatic heterocycles. The molecule has 2 heterocycles. The van der Waals surface area contributed by atoms with E-state index in [1.807, 2.05) is 0 Å². The lowest BCUT2D eigenvalue weighted by molar-refractivity contribution is -0.137. The van der Waals surface area contributed by atoms with Gasteiger partial charge in [0.05, 0.1) is 32.5 Å². The second-order valence-corrected chi connectivity index (χ2v) is 11.6. The van der Waals surface area contributed by atoms with Crippen LogP contribution in [0.4, 0.5) is 18.9 Å². The number of alkyl halides is 3. The Morgan fingerprint density at radius 1 is 0.976 bits per heavy atom. The van der Waals surface area contributed by atoms with Gasteiger partial charge in [0.15, 0.2) is 0 Å². The number of fused-ring (bicyclic) bond motifs is 1. The highest BCUT2D eigenvalue weighted by molar-refractivity contribution is 7.21. The van der Waals surface area contributed by atoms with Gasteiger partial charge in [-0.1, -0.05) is 47.5 Å². The Labute approximate surface area is 251 Å². The van der Waals surface area contributed by atoms with Gasteiger partial charge in [0.25, 0.3) is 11.8 Å². The summed E-state index contributed by atoms with van der Waals surface area (Å²) in [4.78, 5) is 39.9. The highest BCUT2D eigenvalue weighted by atomic mass is 35.5. The molecule has 0 radical (unpaired) electrons. The van der Waals surface area contributed by atoms with Gasteiger partial charge in [0.2, 0.25) is 0 Å². The van der Waals surface area contributed by atoms with E-state index in [0.717, 1.165) is 28.2 Å². The van der Waals surface area contributed by atoms with Crippen LogP contribution in [0.3, 0.4) is 0 Å². The van der Waals surface area contributed by atoms with Crippen LogP contribution in [0.5, 0.6) is 0 Å². The molecule has 0 aliphatic carbocycles. The molecule has 218 valence electrons. The maximum Gasteiger partial charge on any atom is 0.417 e. The van der Waals surface area contributed by atoms with Crippen LogP contribution in [0.1, 0.15) is 54.4 Å². The predicted octanol–water partition coefficient (Wildman–Crippen LogP) is 7.30. The smallest absolute Gasteiger partial charge is 0.417 e. The summed E-state index contributed by atoms with van der Waals surface area (Å²) in [7, 11) is 0. The SMILES string of the molecule is O=C(O)c1ccc(C(=O)N2CCC(O)(c3ccc(Cl)c(C(F)(F)F)c3)CC2)cc1NC(=O)c1sc2ccccc2c1Cl. The minimum absolute atomic E-state index is 0.0130. The molecular weight excluding hydrogens is 616 g/mol. The molecule has 13 heteroatoms. The van der Waals surface area contributed by atoms with Gasteiger partial charge in [-0.25, -0.2) is 4.79 Å². The number of rotatable bonds is 5. The number of aliphatic hydroxyl groups is 1. The molecule has 0 atom stereocenters. The first-order valence-corrected chi connectivity index (χ1v) is 14.1. The molecule has 0 saturated carbocycles. The fourth-order valence-electron chi connectivity index (χ4n) is 4.89. The molecule has 1 fully saturated rings. The van der Waals surface area contributed by atoms with Crippen LogP contribution in [0.25, 0.3) is 10.1 Å². The number of hydrogen-bond donors (Lipinski definition) is 3. The third-order valence-corrected chi connectivity index (χ3v) is 9.18. The second-order valence-electron chi connectivity index (χ2n) is 9.78. The summed E-state index contributed by atoms with van der Waals surface area (Å²) in [6, 6.07) is 14.1. The lowest BCUT2D eigenvalue weighted by Gasteiger charge is -2.39. The number of anilines is 1. The van der Waals surface area contributed by atoms with Gasteiger partial charge in [-0.15, -0.1) is 11.3 Å². The first-order valence-electron chi connectivity index (χ1n) is 12.5. The van der Waals surface area contributed by atoms with Gasteiger partial charge in [-0.3, -0.25) is 9.59 Å². The number of hydrogen-bond acceptors (Lipinski definition) is 5. The number of piperidine rings is 1. The van der Waals surface area contributed by atoms with E-state index in [2.05, 4.69) is 5.32 Å². The van der Waals surface area contributed by atoms with Crippen LogP contribution in [0, 0.1) is 0 Å². The molecule has 1 aliphatic rings. The molecule has 0 bridgehead atoms. The van der Waals surface area contributed by atoms with Crippen molar-refractivity contribution in [3.05, 3.63) is 97.8 Å². The van der Waals surface area contributed by atoms with E-state index >= 15 is 0 Å². The van der Waals surface area contributed by atoms with Crippen LogP contribution < -0.4 is 5.32 Å². The van der Waals surface area contributed by atoms with Crippen LogP contribution in [-0.4, -0.2) is 46.0 Å². The molecule has 2 amide bonds. The number of halogens is 5. The normalized spacial score (nSPS) is 15.0. The van der Waals surface area contributed by atoms with Gasteiger partial charge < -0.3 is 20.4 Å². The Hall–Kier alpha value is -3.64. The molecule has 5 rings (SSSR count). The summed E-state index contributed by atoms with van der Waals surface area (Å²) < 4.78 is 40.8. The molecule has 3 N–H and O–H groups in total. The summed E-state index contributed by atoms with van der Waals surface area (Å²) in [6.45, 7) is 0.0259. The van der Waals surface area contributed by atoms with Crippen molar-refractivity contribution in [3.8, 4) is 0 Å². The van der Waals surface area contributed by atoms with Gasteiger partial charge in [-0.2, -0.15) is 13.2 Å². The Morgan fingerprint density at radius 2 is 1.67 bits per heavy atom. The largest absolute Gasteiger partial charge is 0.478 e. The van der Waals surface area contributed by atoms with Crippen molar-refractivity contribution in [2.24, 2.45) is 0 Å². The maximum atomic E-state index is 13.3. The van der Waals surface area contributed by atoms with Gasteiger partial charge in [0.1, 0.15) is 4.88 Å². The molecule has 4 aromatic rings. The number of nitrogens with zero attached hydrogens (tertiary/aromatic N) is 1. The molecule has 7 nitrogen and oxygen atoms in total. The minimum Gasteiger partial charge on any atom is -0.478 e. The molecule has 1 aliphatic heterocycles. The number of carboxylic acids is 1. The monoisotopic (exact) mass is 636 g/mol. The zero-order valence-electron chi connectivity index (χ0n) is 21.5. The van der Waals surface area contributed by atoms with Crippen molar-refractivity contribution in [1.82, 2.24) is 4.90 Å². The molecule has 1 saturated heterocycles. The number of thiophene rings is 1. The fourth-order valence-corrected chi connectivity index (χ4v) is 6.53. The van der Waals surface area contributed by atoms with Gasteiger partial charge in [-0.05, 0) is 54.8 Å². The lowest BCUT2D eigenvalue weighted by Crippen LogP contribution is -2.45. The topological polar surface area (TPSA) is 107 Å². The highest BCUT2D eigenvalue weighted by Crippen LogP contribution is 2.40. The maximum absolute atomic E-state index is 13.3. The van der Waals surface area contributed by atoms with E-state index < -0.39 is 40.1 Å². The average Bonchev–Trinajstić information content (AvgIpc) is 3.29. The van der Waals surface area contributed by atoms with E-state index in [9.17, 15) is 37.8 Å². The Kier molecular flexibility index (Phi) is 7.97. The molecule has 0 unspecified atom stereocenters. The van der Waals surface area contributed by atoms with Crippen molar-refractivity contribution in [2.75, 3.05) is 18.4 Å². The van der Waals surface area contributed by atoms with E-state index in [-0.39, 0.29) is 58.2 Å². The summed E-state index contributed by atoms with van der Waals surface area (Å²) in [6.07, 6.45) is -4.78. The first-order chi connectivity index (χ1) is 19.8. The second kappa shape index (κ2) is 11.2. The fraction of sp³-hybridized carbons (Fsp3) is 0.207. The summed E-state index contributed by atoms with van der Waals surface area (Å²) in [5, 5.41) is 23.8. The average molecular weight is 637 g/mol. The lowest BCUT2D eigenvalue weighted by atomic mass is 9.83. The number of likely N-dealkylation sites (tertiary alicyclic amines) is 1. The minimum atomic E-state index is -4.70.